The average molecular weight is 353 g/mol. The van der Waals surface area contributed by atoms with Crippen molar-refractivity contribution >= 4 is 15.9 Å². The monoisotopic (exact) mass is 352 g/mol. The molecule has 0 aromatic heterocycles. The van der Waals surface area contributed by atoms with Gasteiger partial charge in [0.1, 0.15) is 23.6 Å². The van der Waals surface area contributed by atoms with Crippen LogP contribution < -0.4 is 0 Å². The summed E-state index contributed by atoms with van der Waals surface area (Å²) in [5.41, 5.74) is -1.62. The number of hydrogen-bond acceptors (Lipinski definition) is 1. The summed E-state index contributed by atoms with van der Waals surface area (Å²) < 4.78 is 66.6. The molecular formula is C13H6BrF5O. The van der Waals surface area contributed by atoms with E-state index < -0.39 is 46.3 Å². The van der Waals surface area contributed by atoms with Crippen LogP contribution in [0.3, 0.4) is 0 Å². The predicted molar refractivity (Wildman–Crippen MR) is 64.4 cm³/mol. The van der Waals surface area contributed by atoms with Gasteiger partial charge >= 0.3 is 0 Å². The van der Waals surface area contributed by atoms with E-state index in [1.165, 1.54) is 0 Å². The summed E-state index contributed by atoms with van der Waals surface area (Å²) in [7, 11) is 0. The fraction of sp³-hybridized carbons (Fsp3) is 0.0769. The van der Waals surface area contributed by atoms with Crippen LogP contribution in [0.15, 0.2) is 28.7 Å². The maximum absolute atomic E-state index is 13.8. The number of aliphatic hydroxyl groups excluding tert-OH is 1. The molecule has 0 heterocycles. The zero-order chi connectivity index (χ0) is 15.0. The minimum Gasteiger partial charge on any atom is -0.383 e. The highest BCUT2D eigenvalue weighted by molar-refractivity contribution is 9.10. The van der Waals surface area contributed by atoms with Gasteiger partial charge in [-0.2, -0.15) is 0 Å². The first-order chi connectivity index (χ1) is 9.32. The van der Waals surface area contributed by atoms with Gasteiger partial charge in [0.2, 0.25) is 0 Å². The molecule has 1 atom stereocenters. The summed E-state index contributed by atoms with van der Waals surface area (Å²) in [6.45, 7) is 0. The zero-order valence-electron chi connectivity index (χ0n) is 9.60. The molecule has 1 unspecified atom stereocenters. The highest BCUT2D eigenvalue weighted by Crippen LogP contribution is 2.32. The largest absolute Gasteiger partial charge is 0.383 e. The lowest BCUT2D eigenvalue weighted by molar-refractivity contribution is 0.202. The van der Waals surface area contributed by atoms with E-state index in [4.69, 9.17) is 0 Å². The van der Waals surface area contributed by atoms with Crippen LogP contribution in [0.4, 0.5) is 22.0 Å². The van der Waals surface area contributed by atoms with Crippen molar-refractivity contribution in [3.05, 3.63) is 69.0 Å². The minimum atomic E-state index is -2.11. The third-order valence-electron chi connectivity index (χ3n) is 2.69. The number of aliphatic hydroxyl groups is 1. The van der Waals surface area contributed by atoms with E-state index in [0.717, 1.165) is 12.1 Å². The van der Waals surface area contributed by atoms with Crippen molar-refractivity contribution in [2.75, 3.05) is 0 Å². The van der Waals surface area contributed by atoms with E-state index in [1.54, 1.807) is 0 Å². The number of hydrogen-bond donors (Lipinski definition) is 1. The summed E-state index contributed by atoms with van der Waals surface area (Å²) in [5, 5.41) is 9.84. The molecule has 2 aromatic rings. The molecule has 0 saturated heterocycles. The van der Waals surface area contributed by atoms with Crippen molar-refractivity contribution < 1.29 is 27.1 Å². The zero-order valence-corrected chi connectivity index (χ0v) is 11.2. The molecule has 0 amide bonds. The van der Waals surface area contributed by atoms with Gasteiger partial charge in [0.05, 0.1) is 10.0 Å². The van der Waals surface area contributed by atoms with Crippen molar-refractivity contribution in [1.82, 2.24) is 0 Å². The van der Waals surface area contributed by atoms with E-state index in [-0.39, 0.29) is 10.5 Å². The van der Waals surface area contributed by atoms with E-state index in [1.807, 2.05) is 0 Å². The van der Waals surface area contributed by atoms with Crippen LogP contribution in [0.25, 0.3) is 0 Å². The van der Waals surface area contributed by atoms with E-state index >= 15 is 0 Å². The second kappa shape index (κ2) is 5.49. The van der Waals surface area contributed by atoms with Crippen molar-refractivity contribution in [2.45, 2.75) is 6.10 Å². The molecule has 106 valence electrons. The second-order valence-corrected chi connectivity index (χ2v) is 4.80. The normalized spacial score (nSPS) is 12.6. The van der Waals surface area contributed by atoms with Crippen molar-refractivity contribution in [1.29, 1.82) is 0 Å². The van der Waals surface area contributed by atoms with Gasteiger partial charge in [-0.15, -0.1) is 0 Å². The number of rotatable bonds is 2. The highest BCUT2D eigenvalue weighted by atomic mass is 79.9. The lowest BCUT2D eigenvalue weighted by atomic mass is 9.99. The van der Waals surface area contributed by atoms with Gasteiger partial charge in [-0.25, -0.2) is 22.0 Å². The van der Waals surface area contributed by atoms with Crippen LogP contribution in [0.2, 0.25) is 0 Å². The van der Waals surface area contributed by atoms with E-state index in [9.17, 15) is 27.1 Å². The maximum atomic E-state index is 13.8. The standard InChI is InChI=1S/C13H6BrF5O/c14-6-1-2-7(15)11(12(6)19)13(20)5-3-9(17)10(18)4-8(5)16/h1-4,13,20H. The molecule has 7 heteroatoms. The highest BCUT2D eigenvalue weighted by Gasteiger charge is 2.25. The van der Waals surface area contributed by atoms with Crippen molar-refractivity contribution in [3.8, 4) is 0 Å². The van der Waals surface area contributed by atoms with Gasteiger partial charge in [0.15, 0.2) is 11.6 Å². The van der Waals surface area contributed by atoms with Crippen LogP contribution in [-0.4, -0.2) is 5.11 Å². The molecule has 1 N–H and O–H groups in total. The third kappa shape index (κ3) is 2.55. The molecular weight excluding hydrogens is 347 g/mol. The Balaban J connectivity index is 2.60. The van der Waals surface area contributed by atoms with E-state index in [2.05, 4.69) is 15.9 Å². The second-order valence-electron chi connectivity index (χ2n) is 3.95. The van der Waals surface area contributed by atoms with Gasteiger partial charge in [0.25, 0.3) is 0 Å². The van der Waals surface area contributed by atoms with Crippen LogP contribution >= 0.6 is 15.9 Å². The molecule has 2 aromatic carbocycles. The summed E-state index contributed by atoms with van der Waals surface area (Å²) in [6.07, 6.45) is -2.11. The Morgan fingerprint density at radius 3 is 2.10 bits per heavy atom. The van der Waals surface area contributed by atoms with Crippen LogP contribution in [-0.2, 0) is 0 Å². The quantitative estimate of drug-likeness (QED) is 0.633. The molecule has 2 rings (SSSR count). The Kier molecular flexibility index (Phi) is 4.10. The van der Waals surface area contributed by atoms with Gasteiger partial charge in [-0.05, 0) is 34.1 Å². The number of benzene rings is 2. The molecule has 0 bridgehead atoms. The molecule has 0 radical (unpaired) electrons. The Hall–Kier alpha value is -1.47. The van der Waals surface area contributed by atoms with Gasteiger partial charge in [-0.1, -0.05) is 0 Å². The van der Waals surface area contributed by atoms with Crippen molar-refractivity contribution in [3.63, 3.8) is 0 Å². The molecule has 0 spiro atoms. The summed E-state index contributed by atoms with van der Waals surface area (Å²) in [5.74, 6) is -6.50. The fourth-order valence-corrected chi connectivity index (χ4v) is 2.04. The Morgan fingerprint density at radius 1 is 0.850 bits per heavy atom. The van der Waals surface area contributed by atoms with Crippen LogP contribution in [0, 0.1) is 29.1 Å². The maximum Gasteiger partial charge on any atom is 0.161 e. The summed E-state index contributed by atoms with van der Waals surface area (Å²) in [6, 6.07) is 2.46. The molecule has 20 heavy (non-hydrogen) atoms. The molecule has 0 aliphatic heterocycles. The predicted octanol–water partition coefficient (Wildman–Crippen LogP) is 4.23. The summed E-state index contributed by atoms with van der Waals surface area (Å²) >= 11 is 2.79. The first-order valence-electron chi connectivity index (χ1n) is 5.28. The van der Waals surface area contributed by atoms with Gasteiger partial charge < -0.3 is 5.11 Å². The lowest BCUT2D eigenvalue weighted by Gasteiger charge is -2.15. The SMILES string of the molecule is OC(c1cc(F)c(F)cc1F)c1c(F)ccc(Br)c1F. The van der Waals surface area contributed by atoms with Crippen molar-refractivity contribution in [2.24, 2.45) is 0 Å². The average Bonchev–Trinajstić information content (AvgIpc) is 2.38. The van der Waals surface area contributed by atoms with Gasteiger partial charge in [0, 0.05) is 11.6 Å². The lowest BCUT2D eigenvalue weighted by Crippen LogP contribution is -2.09. The first-order valence-corrected chi connectivity index (χ1v) is 6.08. The Morgan fingerprint density at radius 2 is 1.45 bits per heavy atom. The Bertz CT molecular complexity index is 674. The molecule has 0 fully saturated rings. The summed E-state index contributed by atoms with van der Waals surface area (Å²) in [4.78, 5) is 0. The smallest absolute Gasteiger partial charge is 0.161 e. The molecule has 0 aliphatic rings. The first kappa shape index (κ1) is 14.9. The van der Waals surface area contributed by atoms with E-state index in [0.29, 0.717) is 6.07 Å². The minimum absolute atomic E-state index is 0.157. The Labute approximate surface area is 118 Å². The molecule has 0 aliphatic carbocycles. The number of halogens is 6. The molecule has 1 nitrogen and oxygen atoms in total. The topological polar surface area (TPSA) is 20.2 Å². The fourth-order valence-electron chi connectivity index (χ4n) is 1.70. The van der Waals surface area contributed by atoms with Crippen LogP contribution in [0.5, 0.6) is 0 Å². The van der Waals surface area contributed by atoms with Gasteiger partial charge in [-0.3, -0.25) is 0 Å². The van der Waals surface area contributed by atoms with Crippen LogP contribution in [0.1, 0.15) is 17.2 Å². The molecule has 0 saturated carbocycles. The third-order valence-corrected chi connectivity index (χ3v) is 3.30.